The fourth-order valence-corrected chi connectivity index (χ4v) is 2.47. The van der Waals surface area contributed by atoms with E-state index in [2.05, 4.69) is 15.6 Å². The van der Waals surface area contributed by atoms with E-state index in [0.717, 1.165) is 5.56 Å². The molecule has 0 radical (unpaired) electrons. The molecule has 0 saturated heterocycles. The van der Waals surface area contributed by atoms with E-state index < -0.39 is 5.91 Å². The van der Waals surface area contributed by atoms with Crippen LogP contribution in [0.2, 0.25) is 0 Å². The highest BCUT2D eigenvalue weighted by molar-refractivity contribution is 5.96. The van der Waals surface area contributed by atoms with Crippen molar-refractivity contribution >= 4 is 11.7 Å². The number of rotatable bonds is 6. The van der Waals surface area contributed by atoms with Crippen molar-refractivity contribution in [3.63, 3.8) is 0 Å². The summed E-state index contributed by atoms with van der Waals surface area (Å²) >= 11 is 0. The van der Waals surface area contributed by atoms with Gasteiger partial charge in [0.1, 0.15) is 5.82 Å². The molecule has 3 N–H and O–H groups in total. The lowest BCUT2D eigenvalue weighted by Crippen LogP contribution is -2.24. The first-order valence-corrected chi connectivity index (χ1v) is 7.99. The first-order valence-electron chi connectivity index (χ1n) is 7.99. The van der Waals surface area contributed by atoms with Crippen molar-refractivity contribution in [2.75, 3.05) is 20.0 Å². The third-order valence-corrected chi connectivity index (χ3v) is 3.90. The molecule has 140 valence electrons. The zero-order chi connectivity index (χ0) is 19.4. The van der Waals surface area contributed by atoms with Crippen LogP contribution < -0.4 is 20.5 Å². The molecule has 3 aromatic rings. The fraction of sp³-hybridized carbons (Fsp3) is 0.167. The van der Waals surface area contributed by atoms with Crippen molar-refractivity contribution in [3.05, 3.63) is 59.5 Å². The van der Waals surface area contributed by atoms with Crippen LogP contribution in [0.3, 0.4) is 0 Å². The first-order chi connectivity index (χ1) is 13.0. The van der Waals surface area contributed by atoms with Crippen LogP contribution in [0, 0.1) is 5.82 Å². The number of hydrogen-bond acceptors (Lipinski definition) is 6. The van der Waals surface area contributed by atoms with Crippen LogP contribution in [0.25, 0.3) is 5.69 Å². The summed E-state index contributed by atoms with van der Waals surface area (Å²) in [6.45, 7) is 0.210. The van der Waals surface area contributed by atoms with Gasteiger partial charge in [0.25, 0.3) is 5.91 Å². The predicted octanol–water partition coefficient (Wildman–Crippen LogP) is 1.94. The molecule has 0 aliphatic heterocycles. The molecule has 0 bridgehead atoms. The number of amides is 1. The number of ether oxygens (including phenoxy) is 2. The molecule has 3 rings (SSSR count). The van der Waals surface area contributed by atoms with Crippen molar-refractivity contribution in [2.24, 2.45) is 0 Å². The minimum Gasteiger partial charge on any atom is -0.493 e. The standard InChI is InChI=1S/C18H18FN5O3/c1-26-14-8-7-13(9-15(14)27-2)24-17(20)16(22-23-24)18(25)21-10-11-3-5-12(19)6-4-11/h3-9H,10,20H2,1-2H3,(H,21,25). The van der Waals surface area contributed by atoms with Crippen molar-refractivity contribution in [2.45, 2.75) is 6.54 Å². The normalized spacial score (nSPS) is 10.5. The van der Waals surface area contributed by atoms with E-state index in [1.807, 2.05) is 0 Å². The first kappa shape index (κ1) is 18.2. The van der Waals surface area contributed by atoms with Gasteiger partial charge in [0.15, 0.2) is 23.0 Å². The molecule has 0 fully saturated rings. The summed E-state index contributed by atoms with van der Waals surface area (Å²) in [4.78, 5) is 12.3. The van der Waals surface area contributed by atoms with Gasteiger partial charge in [0.2, 0.25) is 0 Å². The summed E-state index contributed by atoms with van der Waals surface area (Å²) in [5, 5.41) is 10.5. The Balaban J connectivity index is 1.78. The molecule has 1 heterocycles. The summed E-state index contributed by atoms with van der Waals surface area (Å²) in [6.07, 6.45) is 0. The van der Waals surface area contributed by atoms with E-state index >= 15 is 0 Å². The van der Waals surface area contributed by atoms with Crippen LogP contribution in [-0.2, 0) is 6.54 Å². The second-order valence-corrected chi connectivity index (χ2v) is 5.58. The summed E-state index contributed by atoms with van der Waals surface area (Å²) in [5.41, 5.74) is 7.35. The van der Waals surface area contributed by atoms with Gasteiger partial charge in [-0.2, -0.15) is 4.68 Å². The Kier molecular flexibility index (Phi) is 5.20. The molecule has 0 atom stereocenters. The number of carbonyl (C=O) groups excluding carboxylic acids is 1. The number of benzene rings is 2. The lowest BCUT2D eigenvalue weighted by Gasteiger charge is -2.10. The van der Waals surface area contributed by atoms with Crippen molar-refractivity contribution in [3.8, 4) is 17.2 Å². The topological polar surface area (TPSA) is 104 Å². The number of nitrogen functional groups attached to an aromatic ring is 1. The van der Waals surface area contributed by atoms with Crippen molar-refractivity contribution in [1.29, 1.82) is 0 Å². The quantitative estimate of drug-likeness (QED) is 0.686. The molecular formula is C18H18FN5O3. The Morgan fingerprint density at radius 2 is 1.85 bits per heavy atom. The zero-order valence-corrected chi connectivity index (χ0v) is 14.8. The monoisotopic (exact) mass is 371 g/mol. The molecule has 2 aromatic carbocycles. The van der Waals surface area contributed by atoms with Gasteiger partial charge in [-0.15, -0.1) is 5.10 Å². The second-order valence-electron chi connectivity index (χ2n) is 5.58. The number of nitrogens with two attached hydrogens (primary N) is 1. The maximum atomic E-state index is 12.9. The van der Waals surface area contributed by atoms with E-state index in [0.29, 0.717) is 17.2 Å². The van der Waals surface area contributed by atoms with Gasteiger partial charge in [0.05, 0.1) is 19.9 Å². The maximum absolute atomic E-state index is 12.9. The molecule has 0 saturated carbocycles. The zero-order valence-electron chi connectivity index (χ0n) is 14.8. The average Bonchev–Trinajstić information content (AvgIpc) is 3.08. The van der Waals surface area contributed by atoms with E-state index in [1.165, 1.54) is 31.0 Å². The van der Waals surface area contributed by atoms with Gasteiger partial charge in [-0.3, -0.25) is 4.79 Å². The highest BCUT2D eigenvalue weighted by atomic mass is 19.1. The highest BCUT2D eigenvalue weighted by Gasteiger charge is 2.19. The Morgan fingerprint density at radius 3 is 2.52 bits per heavy atom. The summed E-state index contributed by atoms with van der Waals surface area (Å²) in [7, 11) is 3.05. The van der Waals surface area contributed by atoms with Gasteiger partial charge in [-0.25, -0.2) is 4.39 Å². The van der Waals surface area contributed by atoms with Crippen LogP contribution in [-0.4, -0.2) is 35.1 Å². The van der Waals surface area contributed by atoms with E-state index in [9.17, 15) is 9.18 Å². The smallest absolute Gasteiger partial charge is 0.275 e. The molecule has 1 aromatic heterocycles. The Bertz CT molecular complexity index is 956. The highest BCUT2D eigenvalue weighted by Crippen LogP contribution is 2.29. The number of nitrogens with one attached hydrogen (secondary N) is 1. The number of anilines is 1. The fourth-order valence-electron chi connectivity index (χ4n) is 2.47. The van der Waals surface area contributed by atoms with Crippen molar-refractivity contribution in [1.82, 2.24) is 20.3 Å². The number of nitrogens with zero attached hydrogens (tertiary/aromatic N) is 3. The molecule has 0 aliphatic rings. The molecule has 1 amide bonds. The molecule has 8 nitrogen and oxygen atoms in total. The number of hydrogen-bond donors (Lipinski definition) is 2. The van der Waals surface area contributed by atoms with Crippen LogP contribution in [0.5, 0.6) is 11.5 Å². The van der Waals surface area contributed by atoms with Gasteiger partial charge < -0.3 is 20.5 Å². The number of halogens is 1. The van der Waals surface area contributed by atoms with Crippen LogP contribution in [0.4, 0.5) is 10.2 Å². The molecular weight excluding hydrogens is 353 g/mol. The minimum atomic E-state index is -0.483. The van der Waals surface area contributed by atoms with E-state index in [1.54, 1.807) is 30.3 Å². The van der Waals surface area contributed by atoms with Crippen LogP contribution >= 0.6 is 0 Å². The van der Waals surface area contributed by atoms with Crippen molar-refractivity contribution < 1.29 is 18.7 Å². The largest absolute Gasteiger partial charge is 0.493 e. The third kappa shape index (κ3) is 3.81. The summed E-state index contributed by atoms with van der Waals surface area (Å²) in [5.74, 6) is 0.305. The maximum Gasteiger partial charge on any atom is 0.275 e. The minimum absolute atomic E-state index is 0.00750. The number of aromatic nitrogens is 3. The van der Waals surface area contributed by atoms with Gasteiger partial charge in [-0.05, 0) is 29.8 Å². The summed E-state index contributed by atoms with van der Waals surface area (Å²) in [6, 6.07) is 10.9. The van der Waals surface area contributed by atoms with Crippen LogP contribution in [0.1, 0.15) is 16.1 Å². The van der Waals surface area contributed by atoms with Gasteiger partial charge in [0, 0.05) is 12.6 Å². The molecule has 0 unspecified atom stereocenters. The van der Waals surface area contributed by atoms with E-state index in [-0.39, 0.29) is 23.9 Å². The SMILES string of the molecule is COc1ccc(-n2nnc(C(=O)NCc3ccc(F)cc3)c2N)cc1OC. The average molecular weight is 371 g/mol. The molecule has 0 aliphatic carbocycles. The van der Waals surface area contributed by atoms with Crippen LogP contribution in [0.15, 0.2) is 42.5 Å². The second kappa shape index (κ2) is 7.73. The molecule has 0 spiro atoms. The number of methoxy groups -OCH3 is 2. The van der Waals surface area contributed by atoms with Gasteiger partial charge >= 0.3 is 0 Å². The number of carbonyl (C=O) groups is 1. The summed E-state index contributed by atoms with van der Waals surface area (Å²) < 4.78 is 24.7. The van der Waals surface area contributed by atoms with E-state index in [4.69, 9.17) is 15.2 Å². The van der Waals surface area contributed by atoms with Gasteiger partial charge in [-0.1, -0.05) is 17.3 Å². The Hall–Kier alpha value is -3.62. The molecule has 9 heteroatoms. The lowest BCUT2D eigenvalue weighted by molar-refractivity contribution is 0.0946. The Labute approximate surface area is 154 Å². The third-order valence-electron chi connectivity index (χ3n) is 3.90. The predicted molar refractivity (Wildman–Crippen MR) is 96.4 cm³/mol. The molecule has 27 heavy (non-hydrogen) atoms. The lowest BCUT2D eigenvalue weighted by atomic mass is 10.2. The Morgan fingerprint density at radius 1 is 1.15 bits per heavy atom.